The van der Waals surface area contributed by atoms with Crippen molar-refractivity contribution in [1.82, 2.24) is 24.3 Å². The van der Waals surface area contributed by atoms with Crippen molar-refractivity contribution in [2.24, 2.45) is 0 Å². The molecule has 10 nitrogen and oxygen atoms in total. The highest BCUT2D eigenvalue weighted by Gasteiger charge is 2.25. The van der Waals surface area contributed by atoms with Crippen molar-refractivity contribution in [2.45, 2.75) is 0 Å². The van der Waals surface area contributed by atoms with Crippen LogP contribution in [-0.4, -0.2) is 83.1 Å². The van der Waals surface area contributed by atoms with Crippen LogP contribution >= 0.6 is 23.2 Å². The van der Waals surface area contributed by atoms with Crippen molar-refractivity contribution in [3.8, 4) is 17.0 Å². The van der Waals surface area contributed by atoms with Gasteiger partial charge in [-0.05, 0) is 18.2 Å². The Morgan fingerprint density at radius 3 is 2.63 bits per heavy atom. The first-order chi connectivity index (χ1) is 18.5. The van der Waals surface area contributed by atoms with Crippen LogP contribution in [0.15, 0.2) is 49.2 Å². The number of rotatable bonds is 5. The van der Waals surface area contributed by atoms with Gasteiger partial charge in [0.05, 0.1) is 40.7 Å². The van der Waals surface area contributed by atoms with Crippen LogP contribution in [0.1, 0.15) is 0 Å². The molecular weight excluding hydrogens is 527 g/mol. The number of benzene rings is 1. The van der Waals surface area contributed by atoms with E-state index in [-0.39, 0.29) is 12.5 Å². The number of hydrogen-bond acceptors (Lipinski definition) is 8. The highest BCUT2D eigenvalue weighted by atomic mass is 35.5. The van der Waals surface area contributed by atoms with Crippen molar-refractivity contribution in [3.63, 3.8) is 0 Å². The molecule has 5 heterocycles. The Balaban J connectivity index is 1.19. The molecule has 3 aromatic heterocycles. The summed E-state index contributed by atoms with van der Waals surface area (Å²) in [5, 5.41) is 4.37. The first kappa shape index (κ1) is 24.6. The Hall–Kier alpha value is -3.76. The zero-order valence-electron chi connectivity index (χ0n) is 20.8. The molecule has 1 N–H and O–H groups in total. The molecule has 4 aromatic rings. The monoisotopic (exact) mass is 552 g/mol. The van der Waals surface area contributed by atoms with Gasteiger partial charge in [0.25, 0.3) is 0 Å². The van der Waals surface area contributed by atoms with Gasteiger partial charge in [-0.15, -0.1) is 0 Å². The second-order valence-corrected chi connectivity index (χ2v) is 10.1. The van der Waals surface area contributed by atoms with Crippen LogP contribution in [0.4, 0.5) is 17.2 Å². The molecular formula is C26H26Cl2N8O2. The van der Waals surface area contributed by atoms with Crippen molar-refractivity contribution in [3.05, 3.63) is 59.2 Å². The molecule has 1 amide bonds. The summed E-state index contributed by atoms with van der Waals surface area (Å²) in [5.41, 5.74) is 4.15. The quantitative estimate of drug-likeness (QED) is 0.401. The molecule has 0 spiro atoms. The van der Waals surface area contributed by atoms with E-state index in [0.717, 1.165) is 40.7 Å². The lowest BCUT2D eigenvalue weighted by Gasteiger charge is -2.36. The van der Waals surface area contributed by atoms with E-state index in [0.29, 0.717) is 48.5 Å². The number of nitrogens with one attached hydrogen (secondary N) is 1. The molecule has 12 heteroatoms. The van der Waals surface area contributed by atoms with Crippen LogP contribution in [0.5, 0.6) is 5.75 Å². The van der Waals surface area contributed by atoms with E-state index >= 15 is 0 Å². The molecule has 38 heavy (non-hydrogen) atoms. The Labute approximate surface area is 229 Å². The lowest BCUT2D eigenvalue weighted by atomic mass is 10.1. The molecule has 6 rings (SSSR count). The molecule has 0 unspecified atom stereocenters. The number of ether oxygens (including phenoxy) is 1. The molecule has 0 atom stereocenters. The number of hydrogen-bond donors (Lipinski definition) is 1. The summed E-state index contributed by atoms with van der Waals surface area (Å²) in [6, 6.07) is 6.04. The van der Waals surface area contributed by atoms with E-state index < -0.39 is 0 Å². The number of piperazine rings is 1. The summed E-state index contributed by atoms with van der Waals surface area (Å²) in [5.74, 6) is 1.60. The zero-order chi connectivity index (χ0) is 26.2. The number of imidazole rings is 1. The second kappa shape index (κ2) is 10.2. The van der Waals surface area contributed by atoms with E-state index in [4.69, 9.17) is 32.9 Å². The van der Waals surface area contributed by atoms with Crippen LogP contribution in [0.25, 0.3) is 16.9 Å². The average molecular weight is 553 g/mol. The fraction of sp³-hybridized carbons (Fsp3) is 0.308. The number of fused-ring (bicyclic) bond motifs is 2. The number of carbonyl (C=O) groups excluding carboxylic acids is 1. The van der Waals surface area contributed by atoms with Crippen LogP contribution in [-0.2, 0) is 4.79 Å². The Kier molecular flexibility index (Phi) is 6.59. The van der Waals surface area contributed by atoms with Gasteiger partial charge in [0.15, 0.2) is 5.65 Å². The Morgan fingerprint density at radius 1 is 1.05 bits per heavy atom. The predicted molar refractivity (Wildman–Crippen MR) is 149 cm³/mol. The molecule has 2 aliphatic rings. The van der Waals surface area contributed by atoms with Crippen LogP contribution in [0.3, 0.4) is 0 Å². The molecule has 1 fully saturated rings. The minimum absolute atomic E-state index is 0.00472. The van der Waals surface area contributed by atoms with E-state index in [1.54, 1.807) is 24.8 Å². The number of aromatic nitrogens is 4. The van der Waals surface area contributed by atoms with E-state index in [1.165, 1.54) is 0 Å². The Bertz CT molecular complexity index is 1480. The van der Waals surface area contributed by atoms with Crippen molar-refractivity contribution >= 4 is 51.9 Å². The first-order valence-corrected chi connectivity index (χ1v) is 13.1. The van der Waals surface area contributed by atoms with Gasteiger partial charge in [0, 0.05) is 63.6 Å². The summed E-state index contributed by atoms with van der Waals surface area (Å²) < 4.78 is 7.72. The lowest BCUT2D eigenvalue weighted by molar-refractivity contribution is -0.129. The van der Waals surface area contributed by atoms with Gasteiger partial charge in [-0.1, -0.05) is 23.2 Å². The highest BCUT2D eigenvalue weighted by Crippen LogP contribution is 2.37. The van der Waals surface area contributed by atoms with Gasteiger partial charge in [-0.3, -0.25) is 19.2 Å². The van der Waals surface area contributed by atoms with Gasteiger partial charge >= 0.3 is 0 Å². The third kappa shape index (κ3) is 4.54. The number of nitrogens with zero attached hydrogens (tertiary/aromatic N) is 7. The maximum absolute atomic E-state index is 13.2. The molecule has 0 radical (unpaired) electrons. The number of likely N-dealkylation sites (N-methyl/N-ethyl adjacent to an activating group) is 1. The fourth-order valence-electron chi connectivity index (χ4n) is 4.93. The summed E-state index contributed by atoms with van der Waals surface area (Å²) in [4.78, 5) is 32.4. The number of carbonyl (C=O) groups is 1. The second-order valence-electron chi connectivity index (χ2n) is 9.24. The van der Waals surface area contributed by atoms with Crippen LogP contribution < -0.4 is 19.9 Å². The molecule has 196 valence electrons. The smallest absolute Gasteiger partial charge is 0.242 e. The third-order valence-electron chi connectivity index (χ3n) is 6.94. The van der Waals surface area contributed by atoms with Gasteiger partial charge < -0.3 is 24.8 Å². The van der Waals surface area contributed by atoms with Crippen molar-refractivity contribution in [2.75, 3.05) is 68.0 Å². The predicted octanol–water partition coefficient (Wildman–Crippen LogP) is 3.69. The van der Waals surface area contributed by atoms with E-state index in [1.807, 2.05) is 34.7 Å². The van der Waals surface area contributed by atoms with E-state index in [9.17, 15) is 4.79 Å². The van der Waals surface area contributed by atoms with Crippen molar-refractivity contribution < 1.29 is 9.53 Å². The van der Waals surface area contributed by atoms with Crippen LogP contribution in [0, 0.1) is 0 Å². The van der Waals surface area contributed by atoms with Gasteiger partial charge in [-0.2, -0.15) is 0 Å². The average Bonchev–Trinajstić information content (AvgIpc) is 3.31. The van der Waals surface area contributed by atoms with Crippen LogP contribution in [0.2, 0.25) is 10.0 Å². The molecule has 1 saturated heterocycles. The summed E-state index contributed by atoms with van der Waals surface area (Å²) >= 11 is 12.7. The summed E-state index contributed by atoms with van der Waals surface area (Å²) in [6.07, 6.45) is 8.42. The van der Waals surface area contributed by atoms with Gasteiger partial charge in [0.1, 0.15) is 23.9 Å². The summed E-state index contributed by atoms with van der Waals surface area (Å²) in [7, 11) is 2.05. The minimum atomic E-state index is 0.00472. The minimum Gasteiger partial charge on any atom is -0.490 e. The topological polar surface area (TPSA) is 91.1 Å². The molecule has 1 aromatic carbocycles. The number of halogens is 2. The zero-order valence-corrected chi connectivity index (χ0v) is 22.3. The summed E-state index contributed by atoms with van der Waals surface area (Å²) in [6.45, 7) is 4.01. The fourth-order valence-corrected chi connectivity index (χ4v) is 5.54. The molecule has 0 saturated carbocycles. The van der Waals surface area contributed by atoms with Crippen molar-refractivity contribution in [1.29, 1.82) is 0 Å². The standard InChI is InChI=1S/C26H26Cl2N8O2/c1-33-10-11-38-21-3-2-17(12-20(21)33)24-26(36-5-4-29-15-22(36)32-24)31-16-23(37)34-6-8-35(9-7-34)25-18(27)13-30-14-19(25)28/h2-5,12-15,31H,6-11,16H2,1H3. The highest BCUT2D eigenvalue weighted by molar-refractivity contribution is 6.38. The maximum atomic E-state index is 13.2. The number of amides is 1. The van der Waals surface area contributed by atoms with Gasteiger partial charge in [-0.25, -0.2) is 4.98 Å². The van der Waals surface area contributed by atoms with E-state index in [2.05, 4.69) is 31.2 Å². The molecule has 0 bridgehead atoms. The largest absolute Gasteiger partial charge is 0.490 e. The van der Waals surface area contributed by atoms with Gasteiger partial charge in [0.2, 0.25) is 5.91 Å². The Morgan fingerprint density at radius 2 is 1.84 bits per heavy atom. The lowest BCUT2D eigenvalue weighted by Crippen LogP contribution is -2.50. The number of anilines is 3. The maximum Gasteiger partial charge on any atom is 0.242 e. The molecule has 0 aliphatic carbocycles. The first-order valence-electron chi connectivity index (χ1n) is 12.4. The molecule has 2 aliphatic heterocycles. The third-order valence-corrected chi connectivity index (χ3v) is 7.50. The SMILES string of the molecule is CN1CCOc2ccc(-c3nc4cnccn4c3NCC(=O)N3CCN(c4c(Cl)cncc4Cl)CC3)cc21. The number of pyridine rings is 1. The normalized spacial score (nSPS) is 15.4.